The van der Waals surface area contributed by atoms with Gasteiger partial charge in [-0.25, -0.2) is 13.1 Å². The number of rotatable bonds is 4. The van der Waals surface area contributed by atoms with Crippen LogP contribution < -0.4 is 4.72 Å². The molecule has 1 aromatic carbocycles. The van der Waals surface area contributed by atoms with Crippen molar-refractivity contribution >= 4 is 37.6 Å². The van der Waals surface area contributed by atoms with Crippen LogP contribution in [0.15, 0.2) is 33.6 Å². The smallest absolute Gasteiger partial charge is 0.207 e. The van der Waals surface area contributed by atoms with Crippen LogP contribution in [0.1, 0.15) is 32.1 Å². The molecule has 0 unspecified atom stereocenters. The molecule has 106 valence electrons. The van der Waals surface area contributed by atoms with Gasteiger partial charge in [-0.2, -0.15) is 0 Å². The fourth-order valence-corrected chi connectivity index (χ4v) is 4.59. The SMILES string of the molecule is O=S(=O)(NC1(CCl)CCCCC1)c1ccc(Br)cc1. The van der Waals surface area contributed by atoms with Gasteiger partial charge >= 0.3 is 0 Å². The molecular formula is C13H17BrClNO2S. The maximum absolute atomic E-state index is 12.4. The second kappa shape index (κ2) is 6.12. The predicted octanol–water partition coefficient (Wildman–Crippen LogP) is 3.67. The van der Waals surface area contributed by atoms with Crippen LogP contribution in [0.4, 0.5) is 0 Å². The zero-order valence-corrected chi connectivity index (χ0v) is 13.7. The predicted molar refractivity (Wildman–Crippen MR) is 81.0 cm³/mol. The first-order chi connectivity index (χ1) is 8.97. The summed E-state index contributed by atoms with van der Waals surface area (Å²) < 4.78 is 28.5. The molecular weight excluding hydrogens is 350 g/mol. The van der Waals surface area contributed by atoms with E-state index in [1.165, 1.54) is 0 Å². The van der Waals surface area contributed by atoms with Crippen molar-refractivity contribution in [2.45, 2.75) is 42.5 Å². The molecule has 19 heavy (non-hydrogen) atoms. The molecule has 0 atom stereocenters. The number of benzene rings is 1. The van der Waals surface area contributed by atoms with Crippen molar-refractivity contribution in [2.24, 2.45) is 0 Å². The van der Waals surface area contributed by atoms with E-state index in [1.807, 2.05) is 0 Å². The van der Waals surface area contributed by atoms with E-state index in [0.29, 0.717) is 5.88 Å². The van der Waals surface area contributed by atoms with Crippen LogP contribution in [0.3, 0.4) is 0 Å². The summed E-state index contributed by atoms with van der Waals surface area (Å²) in [6.45, 7) is 0. The first-order valence-corrected chi connectivity index (χ1v) is 9.14. The highest BCUT2D eigenvalue weighted by atomic mass is 79.9. The van der Waals surface area contributed by atoms with Gasteiger partial charge in [-0.3, -0.25) is 0 Å². The van der Waals surface area contributed by atoms with Gasteiger partial charge in [0.15, 0.2) is 0 Å². The lowest BCUT2D eigenvalue weighted by Gasteiger charge is -2.36. The Morgan fingerprint density at radius 3 is 2.26 bits per heavy atom. The minimum Gasteiger partial charge on any atom is -0.207 e. The van der Waals surface area contributed by atoms with Gasteiger partial charge in [-0.15, -0.1) is 11.6 Å². The highest BCUT2D eigenvalue weighted by Gasteiger charge is 2.35. The van der Waals surface area contributed by atoms with Crippen LogP contribution in [0, 0.1) is 0 Å². The van der Waals surface area contributed by atoms with Crippen LogP contribution >= 0.6 is 27.5 Å². The van der Waals surface area contributed by atoms with Crippen molar-refractivity contribution in [1.29, 1.82) is 0 Å². The molecule has 6 heteroatoms. The number of hydrogen-bond donors (Lipinski definition) is 1. The largest absolute Gasteiger partial charge is 0.241 e. The minimum absolute atomic E-state index is 0.283. The summed E-state index contributed by atoms with van der Waals surface area (Å²) in [7, 11) is -3.50. The van der Waals surface area contributed by atoms with Gasteiger partial charge in [0.25, 0.3) is 0 Å². The van der Waals surface area contributed by atoms with E-state index >= 15 is 0 Å². The lowest BCUT2D eigenvalue weighted by Crippen LogP contribution is -2.51. The zero-order valence-electron chi connectivity index (χ0n) is 10.5. The normalized spacial score (nSPS) is 19.3. The van der Waals surface area contributed by atoms with Gasteiger partial charge in [0.05, 0.1) is 4.90 Å². The first-order valence-electron chi connectivity index (χ1n) is 6.33. The highest BCUT2D eigenvalue weighted by Crippen LogP contribution is 2.31. The maximum Gasteiger partial charge on any atom is 0.241 e. The van der Waals surface area contributed by atoms with E-state index in [-0.39, 0.29) is 4.90 Å². The Morgan fingerprint density at radius 2 is 1.74 bits per heavy atom. The minimum atomic E-state index is -3.50. The number of alkyl halides is 1. The lowest BCUT2D eigenvalue weighted by atomic mass is 9.84. The van der Waals surface area contributed by atoms with Gasteiger partial charge < -0.3 is 0 Å². The van der Waals surface area contributed by atoms with Gasteiger partial charge in [-0.1, -0.05) is 35.2 Å². The summed E-state index contributed by atoms with van der Waals surface area (Å²) in [4.78, 5) is 0.283. The van der Waals surface area contributed by atoms with Crippen LogP contribution in [0.25, 0.3) is 0 Å². The molecule has 1 N–H and O–H groups in total. The molecule has 2 rings (SSSR count). The van der Waals surface area contributed by atoms with E-state index in [2.05, 4.69) is 20.7 Å². The Morgan fingerprint density at radius 1 is 1.16 bits per heavy atom. The van der Waals surface area contributed by atoms with Gasteiger partial charge in [0, 0.05) is 15.9 Å². The number of nitrogens with one attached hydrogen (secondary N) is 1. The fourth-order valence-electron chi connectivity index (χ4n) is 2.45. The number of hydrogen-bond acceptors (Lipinski definition) is 2. The monoisotopic (exact) mass is 365 g/mol. The molecule has 0 amide bonds. The van der Waals surface area contributed by atoms with Crippen LogP contribution in [0.5, 0.6) is 0 Å². The Kier molecular flexibility index (Phi) is 4.93. The standard InChI is InChI=1S/C13H17BrClNO2S/c14-11-4-6-12(7-5-11)19(17,18)16-13(10-15)8-2-1-3-9-13/h4-7,16H,1-3,8-10H2. The second-order valence-corrected chi connectivity index (χ2v) is 7.90. The lowest BCUT2D eigenvalue weighted by molar-refractivity contribution is 0.298. The van der Waals surface area contributed by atoms with E-state index in [9.17, 15) is 8.42 Å². The first kappa shape index (κ1) is 15.3. The van der Waals surface area contributed by atoms with E-state index in [0.717, 1.165) is 36.6 Å². The third-order valence-corrected chi connectivity index (χ3v) is 6.18. The molecule has 1 fully saturated rings. The third kappa shape index (κ3) is 3.72. The van der Waals surface area contributed by atoms with E-state index in [4.69, 9.17) is 11.6 Å². The Labute approximate surface area is 127 Å². The van der Waals surface area contributed by atoms with Crippen LogP contribution in [-0.4, -0.2) is 19.8 Å². The molecule has 1 aromatic rings. The summed E-state index contributed by atoms with van der Waals surface area (Å²) in [5.74, 6) is 0.322. The summed E-state index contributed by atoms with van der Waals surface area (Å²) in [5.41, 5.74) is -0.480. The van der Waals surface area contributed by atoms with Crippen molar-refractivity contribution in [1.82, 2.24) is 4.72 Å². The Balaban J connectivity index is 2.22. The van der Waals surface area contributed by atoms with Crippen molar-refractivity contribution in [3.63, 3.8) is 0 Å². The molecule has 0 bridgehead atoms. The quantitative estimate of drug-likeness (QED) is 0.826. The zero-order chi connectivity index (χ0) is 13.9. The highest BCUT2D eigenvalue weighted by molar-refractivity contribution is 9.10. The number of halogens is 2. The van der Waals surface area contributed by atoms with E-state index in [1.54, 1.807) is 24.3 Å². The average Bonchev–Trinajstić information content (AvgIpc) is 2.40. The molecule has 1 saturated carbocycles. The maximum atomic E-state index is 12.4. The molecule has 0 aromatic heterocycles. The average molecular weight is 367 g/mol. The summed E-state index contributed by atoms with van der Waals surface area (Å²) in [6.07, 6.45) is 4.82. The van der Waals surface area contributed by atoms with Gasteiger partial charge in [0.2, 0.25) is 10.0 Å². The summed E-state index contributed by atoms with van der Waals surface area (Å²) in [5, 5.41) is 0. The second-order valence-electron chi connectivity index (χ2n) is 5.03. The van der Waals surface area contributed by atoms with Crippen molar-refractivity contribution < 1.29 is 8.42 Å². The van der Waals surface area contributed by atoms with Gasteiger partial charge in [-0.05, 0) is 37.1 Å². The molecule has 0 saturated heterocycles. The fraction of sp³-hybridized carbons (Fsp3) is 0.538. The molecule has 1 aliphatic rings. The van der Waals surface area contributed by atoms with Crippen molar-refractivity contribution in [3.05, 3.63) is 28.7 Å². The Bertz CT molecular complexity index is 524. The summed E-state index contributed by atoms with van der Waals surface area (Å²) in [6, 6.07) is 6.64. The molecule has 1 aliphatic carbocycles. The molecule has 0 heterocycles. The van der Waals surface area contributed by atoms with Crippen LogP contribution in [-0.2, 0) is 10.0 Å². The summed E-state index contributed by atoms with van der Waals surface area (Å²) >= 11 is 9.32. The van der Waals surface area contributed by atoms with Crippen molar-refractivity contribution in [2.75, 3.05) is 5.88 Å². The van der Waals surface area contributed by atoms with Crippen LogP contribution in [0.2, 0.25) is 0 Å². The molecule has 0 radical (unpaired) electrons. The molecule has 0 spiro atoms. The third-order valence-electron chi connectivity index (χ3n) is 3.54. The molecule has 3 nitrogen and oxygen atoms in total. The van der Waals surface area contributed by atoms with E-state index < -0.39 is 15.6 Å². The Hall–Kier alpha value is -0.100. The topological polar surface area (TPSA) is 46.2 Å². The number of sulfonamides is 1. The molecule has 0 aliphatic heterocycles. The van der Waals surface area contributed by atoms with Gasteiger partial charge in [0.1, 0.15) is 0 Å². The van der Waals surface area contributed by atoms with Crippen molar-refractivity contribution in [3.8, 4) is 0 Å².